The van der Waals surface area contributed by atoms with E-state index < -0.39 is 5.82 Å². The first-order valence-corrected chi connectivity index (χ1v) is 10.1. The molecular formula is C27H17FN4O3. The first kappa shape index (κ1) is 24.4. The highest BCUT2D eigenvalue weighted by Crippen LogP contribution is 2.25. The number of carbonyl (C=O) groups excluding carboxylic acids is 2. The molecule has 8 heteroatoms. The van der Waals surface area contributed by atoms with E-state index in [0.717, 1.165) is 29.3 Å². The van der Waals surface area contributed by atoms with Crippen LogP contribution in [0.5, 0.6) is 5.75 Å². The zero-order valence-electron chi connectivity index (χ0n) is 18.5. The Labute approximate surface area is 200 Å². The fraction of sp³-hybridized carbons (Fsp3) is 0.0370. The van der Waals surface area contributed by atoms with Crippen LogP contribution in [0.15, 0.2) is 73.1 Å². The molecule has 35 heavy (non-hydrogen) atoms. The van der Waals surface area contributed by atoms with Crippen LogP contribution < -0.4 is 4.74 Å². The average Bonchev–Trinajstić information content (AvgIpc) is 2.93. The lowest BCUT2D eigenvalue weighted by Crippen LogP contribution is -1.92. The van der Waals surface area contributed by atoms with Crippen molar-refractivity contribution in [1.29, 1.82) is 10.5 Å². The maximum Gasteiger partial charge on any atom is 0.182 e. The normalized spacial score (nSPS) is 9.60. The molecule has 2 heterocycles. The minimum atomic E-state index is -0.649. The van der Waals surface area contributed by atoms with E-state index in [9.17, 15) is 14.0 Å². The molecule has 0 radical (unpaired) electrons. The fourth-order valence-electron chi connectivity index (χ4n) is 3.03. The number of ether oxygens (including phenoxy) is 1. The van der Waals surface area contributed by atoms with Gasteiger partial charge in [0.15, 0.2) is 23.0 Å². The predicted octanol–water partition coefficient (Wildman–Crippen LogP) is 5.01. The van der Waals surface area contributed by atoms with Crippen LogP contribution in [-0.2, 0) is 0 Å². The fourth-order valence-corrected chi connectivity index (χ4v) is 3.03. The maximum atomic E-state index is 13.3. The number of halogens is 1. The highest BCUT2D eigenvalue weighted by atomic mass is 19.1. The molecule has 4 aromatic rings. The highest BCUT2D eigenvalue weighted by Gasteiger charge is 2.07. The minimum absolute atomic E-state index is 0.224. The number of nitrogens with zero attached hydrogens (tertiary/aromatic N) is 4. The van der Waals surface area contributed by atoms with Gasteiger partial charge >= 0.3 is 0 Å². The Bertz CT molecular complexity index is 1440. The number of carbonyl (C=O) groups is 2. The lowest BCUT2D eigenvalue weighted by atomic mass is 10.1. The molecule has 0 saturated carbocycles. The van der Waals surface area contributed by atoms with Crippen molar-refractivity contribution in [2.75, 3.05) is 7.11 Å². The van der Waals surface area contributed by atoms with Crippen LogP contribution in [-0.4, -0.2) is 29.7 Å². The third kappa shape index (κ3) is 5.98. The molecule has 0 spiro atoms. The van der Waals surface area contributed by atoms with Crippen molar-refractivity contribution in [3.63, 3.8) is 0 Å². The number of hydrogen-bond donors (Lipinski definition) is 0. The quantitative estimate of drug-likeness (QED) is 0.381. The van der Waals surface area contributed by atoms with Crippen molar-refractivity contribution in [2.45, 2.75) is 0 Å². The summed E-state index contributed by atoms with van der Waals surface area (Å²) in [7, 11) is 1.50. The van der Waals surface area contributed by atoms with E-state index in [1.807, 2.05) is 18.2 Å². The van der Waals surface area contributed by atoms with Gasteiger partial charge in [-0.05, 0) is 23.3 Å². The summed E-state index contributed by atoms with van der Waals surface area (Å²) in [6.45, 7) is 0. The second kappa shape index (κ2) is 11.6. The number of pyridine rings is 2. The SMILES string of the molecule is COc1cc(-c2ccc(C=O)cc2)cnc1C#N.N#Cc1ncc(-c2ccc(C=O)cc2)cc1F. The molecule has 0 fully saturated rings. The van der Waals surface area contributed by atoms with Gasteiger partial charge in [0.1, 0.15) is 24.7 Å². The molecule has 0 aliphatic rings. The lowest BCUT2D eigenvalue weighted by Gasteiger charge is -2.05. The molecule has 2 aromatic carbocycles. The summed E-state index contributed by atoms with van der Waals surface area (Å²) < 4.78 is 18.4. The molecule has 0 unspecified atom stereocenters. The molecule has 0 aliphatic carbocycles. The first-order valence-electron chi connectivity index (χ1n) is 10.1. The van der Waals surface area contributed by atoms with E-state index in [1.165, 1.54) is 19.4 Å². The van der Waals surface area contributed by atoms with Crippen molar-refractivity contribution in [3.05, 3.63) is 101 Å². The van der Waals surface area contributed by atoms with Crippen LogP contribution in [0.2, 0.25) is 0 Å². The molecule has 7 nitrogen and oxygen atoms in total. The molecule has 0 atom stereocenters. The molecule has 4 rings (SSSR count). The summed E-state index contributed by atoms with van der Waals surface area (Å²) in [6.07, 6.45) is 4.57. The van der Waals surface area contributed by atoms with Gasteiger partial charge in [-0.1, -0.05) is 48.5 Å². The Balaban J connectivity index is 0.000000196. The summed E-state index contributed by atoms with van der Waals surface area (Å²) in [5.74, 6) is -0.209. The van der Waals surface area contributed by atoms with Crippen LogP contribution in [0.25, 0.3) is 22.3 Å². The third-order valence-electron chi connectivity index (χ3n) is 4.89. The first-order chi connectivity index (χ1) is 17.0. The van der Waals surface area contributed by atoms with Crippen molar-refractivity contribution in [3.8, 4) is 40.1 Å². The molecule has 0 saturated heterocycles. The molecule has 0 N–H and O–H groups in total. The van der Waals surface area contributed by atoms with Crippen LogP contribution in [0.3, 0.4) is 0 Å². The van der Waals surface area contributed by atoms with E-state index in [1.54, 1.807) is 54.7 Å². The van der Waals surface area contributed by atoms with E-state index in [2.05, 4.69) is 9.97 Å². The molecule has 0 aliphatic heterocycles. The number of nitriles is 2. The summed E-state index contributed by atoms with van der Waals surface area (Å²) in [4.78, 5) is 28.8. The zero-order chi connectivity index (χ0) is 25.2. The zero-order valence-corrected chi connectivity index (χ0v) is 18.5. The maximum absolute atomic E-state index is 13.3. The van der Waals surface area contributed by atoms with E-state index in [-0.39, 0.29) is 11.4 Å². The lowest BCUT2D eigenvalue weighted by molar-refractivity contribution is 0.111. The minimum Gasteiger partial charge on any atom is -0.494 e. The second-order valence-corrected chi connectivity index (χ2v) is 7.03. The Hall–Kier alpha value is -5.21. The topological polar surface area (TPSA) is 117 Å². The highest BCUT2D eigenvalue weighted by molar-refractivity contribution is 5.77. The predicted molar refractivity (Wildman–Crippen MR) is 126 cm³/mol. The van der Waals surface area contributed by atoms with E-state index in [0.29, 0.717) is 22.4 Å². The van der Waals surface area contributed by atoms with Crippen LogP contribution >= 0.6 is 0 Å². The summed E-state index contributed by atoms with van der Waals surface area (Å²) in [5.41, 5.74) is 4.26. The van der Waals surface area contributed by atoms with Gasteiger partial charge in [-0.15, -0.1) is 0 Å². The van der Waals surface area contributed by atoms with Gasteiger partial charge in [-0.25, -0.2) is 14.4 Å². The van der Waals surface area contributed by atoms with Crippen LogP contribution in [0.1, 0.15) is 32.1 Å². The number of benzene rings is 2. The van der Waals surface area contributed by atoms with Crippen molar-refractivity contribution < 1.29 is 18.7 Å². The van der Waals surface area contributed by atoms with Gasteiger partial charge in [0, 0.05) is 34.6 Å². The second-order valence-electron chi connectivity index (χ2n) is 7.03. The smallest absolute Gasteiger partial charge is 0.182 e. The van der Waals surface area contributed by atoms with Gasteiger partial charge in [0.2, 0.25) is 0 Å². The standard InChI is InChI=1S/C14H10N2O2.C13H7FN2O/c1-18-14-6-12(8-16-13(14)7-15)11-4-2-10(9-17)3-5-11;14-12-5-11(7-16-13(12)6-15)10-3-1-9(8-17)2-4-10/h2-6,8-9H,1H3;1-5,7-8H. The van der Waals surface area contributed by atoms with Crippen molar-refractivity contribution in [2.24, 2.45) is 0 Å². The molecule has 2 aromatic heterocycles. The van der Waals surface area contributed by atoms with Crippen molar-refractivity contribution in [1.82, 2.24) is 9.97 Å². The van der Waals surface area contributed by atoms with Gasteiger partial charge in [-0.3, -0.25) is 9.59 Å². The Morgan fingerprint density at radius 2 is 1.20 bits per heavy atom. The molecular weight excluding hydrogens is 447 g/mol. The van der Waals surface area contributed by atoms with E-state index >= 15 is 0 Å². The van der Waals surface area contributed by atoms with Gasteiger partial charge in [-0.2, -0.15) is 10.5 Å². The Kier molecular flexibility index (Phi) is 8.09. The van der Waals surface area contributed by atoms with Gasteiger partial charge in [0.25, 0.3) is 0 Å². The monoisotopic (exact) mass is 464 g/mol. The third-order valence-corrected chi connectivity index (χ3v) is 4.89. The van der Waals surface area contributed by atoms with E-state index in [4.69, 9.17) is 15.3 Å². The van der Waals surface area contributed by atoms with Gasteiger partial charge < -0.3 is 4.74 Å². The number of methoxy groups -OCH3 is 1. The number of hydrogen-bond acceptors (Lipinski definition) is 7. The number of aldehydes is 2. The Morgan fingerprint density at radius 3 is 1.60 bits per heavy atom. The van der Waals surface area contributed by atoms with Crippen LogP contribution in [0.4, 0.5) is 4.39 Å². The van der Waals surface area contributed by atoms with Gasteiger partial charge in [0.05, 0.1) is 7.11 Å². The van der Waals surface area contributed by atoms with Crippen molar-refractivity contribution >= 4 is 12.6 Å². The number of rotatable bonds is 5. The molecule has 0 amide bonds. The summed E-state index contributed by atoms with van der Waals surface area (Å²) >= 11 is 0. The number of aromatic nitrogens is 2. The van der Waals surface area contributed by atoms with Crippen LogP contribution in [0, 0.1) is 28.5 Å². The summed E-state index contributed by atoms with van der Waals surface area (Å²) in [6, 6.07) is 20.4. The summed E-state index contributed by atoms with van der Waals surface area (Å²) in [5, 5.41) is 17.4. The largest absolute Gasteiger partial charge is 0.494 e. The molecule has 170 valence electrons. The molecule has 0 bridgehead atoms. The average molecular weight is 464 g/mol. The Morgan fingerprint density at radius 1 is 0.743 bits per heavy atom.